The van der Waals surface area contributed by atoms with E-state index in [0.29, 0.717) is 16.4 Å². The Morgan fingerprint density at radius 2 is 2.03 bits per heavy atom. The van der Waals surface area contributed by atoms with Crippen LogP contribution in [0.15, 0.2) is 36.5 Å². The predicted molar refractivity (Wildman–Crippen MR) is 121 cm³/mol. The van der Waals surface area contributed by atoms with Crippen LogP contribution < -0.4 is 15.0 Å². The van der Waals surface area contributed by atoms with Gasteiger partial charge < -0.3 is 19.9 Å². The van der Waals surface area contributed by atoms with Gasteiger partial charge in [0, 0.05) is 57.2 Å². The first-order chi connectivity index (χ1) is 15.0. The van der Waals surface area contributed by atoms with E-state index in [4.69, 9.17) is 4.74 Å². The molecule has 2 aliphatic rings. The predicted octanol–water partition coefficient (Wildman–Crippen LogP) is 3.60. The number of nitrogens with one attached hydrogen (secondary N) is 1. The minimum Gasteiger partial charge on any atom is -0.456 e. The van der Waals surface area contributed by atoms with Crippen LogP contribution in [-0.4, -0.2) is 54.9 Å². The van der Waals surface area contributed by atoms with E-state index in [1.807, 2.05) is 42.3 Å². The second-order valence-electron chi connectivity index (χ2n) is 8.05. The fourth-order valence-electron chi connectivity index (χ4n) is 4.28. The van der Waals surface area contributed by atoms with E-state index in [-0.39, 0.29) is 23.8 Å². The van der Waals surface area contributed by atoms with E-state index in [0.717, 1.165) is 41.0 Å². The molecule has 1 aromatic carbocycles. The quantitative estimate of drug-likeness (QED) is 0.676. The van der Waals surface area contributed by atoms with E-state index >= 15 is 0 Å². The highest BCUT2D eigenvalue weighted by Crippen LogP contribution is 2.43. The number of fused-ring (bicyclic) bond motifs is 2. The zero-order chi connectivity index (χ0) is 21.7. The number of benzene rings is 1. The molecule has 2 amide bonds. The van der Waals surface area contributed by atoms with Crippen LogP contribution >= 0.6 is 11.3 Å². The van der Waals surface area contributed by atoms with E-state index in [1.165, 1.54) is 11.3 Å². The van der Waals surface area contributed by atoms with Crippen LogP contribution in [0.3, 0.4) is 0 Å². The van der Waals surface area contributed by atoms with Crippen LogP contribution in [0.5, 0.6) is 11.5 Å². The molecule has 0 saturated carbocycles. The minimum absolute atomic E-state index is 0.0144. The lowest BCUT2D eigenvalue weighted by molar-refractivity contribution is -0.122. The summed E-state index contributed by atoms with van der Waals surface area (Å²) >= 11 is 1.42. The van der Waals surface area contributed by atoms with Crippen molar-refractivity contribution in [1.29, 1.82) is 0 Å². The molecule has 31 heavy (non-hydrogen) atoms. The standard InChI is InChI=1S/C23H24N4O3S/c1-13-20(22(28)24-2)15-6-5-14(11-17(15)26(13)3)30-18-7-8-25-16-12-19(31-21(16)18)23(29)27-9-4-10-27/h5-8,11-13,20H,4,9-10H2,1-3H3,(H,24,28). The summed E-state index contributed by atoms with van der Waals surface area (Å²) in [6, 6.07) is 9.57. The number of carbonyl (C=O) groups is 2. The Hall–Kier alpha value is -3.13. The van der Waals surface area contributed by atoms with Crippen molar-refractivity contribution in [2.75, 3.05) is 32.1 Å². The van der Waals surface area contributed by atoms with Gasteiger partial charge in [0.1, 0.15) is 11.5 Å². The summed E-state index contributed by atoms with van der Waals surface area (Å²) in [7, 11) is 3.66. The first-order valence-electron chi connectivity index (χ1n) is 10.4. The third-order valence-corrected chi connectivity index (χ3v) is 7.42. The molecule has 0 spiro atoms. The maximum atomic E-state index is 12.6. The normalized spacial score (nSPS) is 19.8. The summed E-state index contributed by atoms with van der Waals surface area (Å²) in [4.78, 5) is 34.0. The number of ether oxygens (including phenoxy) is 1. The third-order valence-electron chi connectivity index (χ3n) is 6.30. The molecule has 1 saturated heterocycles. The van der Waals surface area contributed by atoms with Crippen molar-refractivity contribution < 1.29 is 14.3 Å². The highest BCUT2D eigenvalue weighted by molar-refractivity contribution is 7.21. The Morgan fingerprint density at radius 3 is 2.74 bits per heavy atom. The summed E-state index contributed by atoms with van der Waals surface area (Å²) in [5, 5.41) is 2.77. The van der Waals surface area contributed by atoms with Gasteiger partial charge in [-0.3, -0.25) is 14.6 Å². The molecule has 1 fully saturated rings. The molecule has 2 atom stereocenters. The Labute approximate surface area is 184 Å². The number of likely N-dealkylation sites (tertiary alicyclic amines) is 1. The number of hydrogen-bond acceptors (Lipinski definition) is 6. The Morgan fingerprint density at radius 1 is 1.23 bits per heavy atom. The topological polar surface area (TPSA) is 74.8 Å². The van der Waals surface area contributed by atoms with E-state index in [2.05, 4.69) is 22.1 Å². The number of hydrogen-bond donors (Lipinski definition) is 1. The average Bonchev–Trinajstić information content (AvgIpc) is 3.27. The number of rotatable bonds is 4. The van der Waals surface area contributed by atoms with E-state index < -0.39 is 0 Å². The van der Waals surface area contributed by atoms with Crippen molar-refractivity contribution >= 4 is 39.1 Å². The third kappa shape index (κ3) is 3.22. The lowest BCUT2D eigenvalue weighted by atomic mass is 9.95. The molecule has 0 aliphatic carbocycles. The Bertz CT molecular complexity index is 1190. The molecule has 1 N–H and O–H groups in total. The molecule has 2 aliphatic heterocycles. The van der Waals surface area contributed by atoms with Crippen LogP contribution in [0.1, 0.15) is 34.5 Å². The number of carbonyl (C=O) groups excluding carboxylic acids is 2. The number of pyridine rings is 1. The molecule has 0 bridgehead atoms. The first-order valence-corrected chi connectivity index (χ1v) is 11.2. The van der Waals surface area contributed by atoms with Crippen molar-refractivity contribution in [3.05, 3.63) is 47.0 Å². The number of thiophene rings is 1. The molecule has 160 valence electrons. The minimum atomic E-state index is -0.209. The van der Waals surface area contributed by atoms with Crippen molar-refractivity contribution in [3.63, 3.8) is 0 Å². The highest BCUT2D eigenvalue weighted by atomic mass is 32.1. The van der Waals surface area contributed by atoms with Gasteiger partial charge in [-0.2, -0.15) is 0 Å². The summed E-state index contributed by atoms with van der Waals surface area (Å²) in [6.07, 6.45) is 2.76. The largest absolute Gasteiger partial charge is 0.456 e. The van der Waals surface area contributed by atoms with Crippen LogP contribution in [0, 0.1) is 0 Å². The first kappa shape index (κ1) is 19.8. The fraction of sp³-hybridized carbons (Fsp3) is 0.348. The zero-order valence-electron chi connectivity index (χ0n) is 17.7. The van der Waals surface area contributed by atoms with Gasteiger partial charge in [-0.1, -0.05) is 6.07 Å². The van der Waals surface area contributed by atoms with Crippen molar-refractivity contribution in [2.24, 2.45) is 0 Å². The second kappa shape index (κ2) is 7.53. The van der Waals surface area contributed by atoms with Gasteiger partial charge in [-0.05, 0) is 31.0 Å². The lowest BCUT2D eigenvalue weighted by Crippen LogP contribution is -2.41. The average molecular weight is 437 g/mol. The van der Waals surface area contributed by atoms with Gasteiger partial charge in [0.25, 0.3) is 5.91 Å². The molecule has 4 heterocycles. The maximum absolute atomic E-state index is 12.6. The monoisotopic (exact) mass is 436 g/mol. The van der Waals surface area contributed by atoms with Gasteiger partial charge in [0.2, 0.25) is 5.91 Å². The molecule has 0 radical (unpaired) electrons. The molecule has 2 unspecified atom stereocenters. The maximum Gasteiger partial charge on any atom is 0.264 e. The van der Waals surface area contributed by atoms with Crippen LogP contribution in [-0.2, 0) is 4.79 Å². The molecular formula is C23H24N4O3S. The smallest absolute Gasteiger partial charge is 0.264 e. The van der Waals surface area contributed by atoms with Crippen molar-refractivity contribution in [3.8, 4) is 11.5 Å². The molecule has 8 heteroatoms. The number of amides is 2. The molecule has 3 aromatic rings. The van der Waals surface area contributed by atoms with E-state index in [1.54, 1.807) is 13.2 Å². The molecule has 5 rings (SSSR count). The number of aromatic nitrogens is 1. The summed E-state index contributed by atoms with van der Waals surface area (Å²) in [5.41, 5.74) is 2.75. The number of nitrogens with zero attached hydrogens (tertiary/aromatic N) is 3. The van der Waals surface area contributed by atoms with Crippen LogP contribution in [0.2, 0.25) is 0 Å². The van der Waals surface area contributed by atoms with Crippen molar-refractivity contribution in [1.82, 2.24) is 15.2 Å². The van der Waals surface area contributed by atoms with E-state index in [9.17, 15) is 9.59 Å². The van der Waals surface area contributed by atoms with Gasteiger partial charge in [-0.15, -0.1) is 11.3 Å². The number of anilines is 1. The Balaban J connectivity index is 1.46. The SMILES string of the molecule is CNC(=O)C1c2ccc(Oc3ccnc4cc(C(=O)N5CCC5)sc34)cc2N(C)C1C. The fourth-order valence-corrected chi connectivity index (χ4v) is 5.31. The van der Waals surface area contributed by atoms with Gasteiger partial charge >= 0.3 is 0 Å². The van der Waals surface area contributed by atoms with Gasteiger partial charge in [-0.25, -0.2) is 0 Å². The van der Waals surface area contributed by atoms with Crippen LogP contribution in [0.25, 0.3) is 10.2 Å². The Kier molecular flexibility index (Phi) is 4.81. The zero-order valence-corrected chi connectivity index (χ0v) is 18.5. The highest BCUT2D eigenvalue weighted by Gasteiger charge is 2.38. The summed E-state index contributed by atoms with van der Waals surface area (Å²) in [6.45, 7) is 3.69. The van der Waals surface area contributed by atoms with Crippen LogP contribution in [0.4, 0.5) is 5.69 Å². The molecule has 7 nitrogen and oxygen atoms in total. The molecular weight excluding hydrogens is 412 g/mol. The molecule has 2 aromatic heterocycles. The lowest BCUT2D eigenvalue weighted by Gasteiger charge is -2.30. The van der Waals surface area contributed by atoms with Gasteiger partial charge in [0.05, 0.1) is 21.0 Å². The number of likely N-dealkylation sites (N-methyl/N-ethyl adjacent to an activating group) is 2. The van der Waals surface area contributed by atoms with Crippen molar-refractivity contribution in [2.45, 2.75) is 25.3 Å². The summed E-state index contributed by atoms with van der Waals surface area (Å²) in [5.74, 6) is 1.23. The van der Waals surface area contributed by atoms with Gasteiger partial charge in [0.15, 0.2) is 0 Å². The second-order valence-corrected chi connectivity index (χ2v) is 9.10. The summed E-state index contributed by atoms with van der Waals surface area (Å²) < 4.78 is 7.09.